The number of hydrogen-bond acceptors (Lipinski definition) is 6. The standard InChI is InChI=1S/C16H22N6O3/c1-11(8-22-10-18-9-19-22)20-14(23)12-7-17-6-5-13(12)21-15(24)25-16(2,3)4/h5-7,9-11H,8H2,1-4H3,(H,20,23)(H,17,21,24). The third-order valence-electron chi connectivity index (χ3n) is 3.01. The van der Waals surface area contributed by atoms with Crippen molar-refractivity contribution >= 4 is 17.7 Å². The predicted octanol–water partition coefficient (Wildman–Crippen LogP) is 1.84. The number of nitrogens with zero attached hydrogens (tertiary/aromatic N) is 4. The highest BCUT2D eigenvalue weighted by molar-refractivity contribution is 6.02. The molecule has 134 valence electrons. The van der Waals surface area contributed by atoms with E-state index >= 15 is 0 Å². The molecule has 25 heavy (non-hydrogen) atoms. The number of rotatable bonds is 5. The fourth-order valence-electron chi connectivity index (χ4n) is 2.05. The third kappa shape index (κ3) is 5.87. The van der Waals surface area contributed by atoms with E-state index in [1.165, 1.54) is 18.7 Å². The molecule has 0 spiro atoms. The molecule has 2 N–H and O–H groups in total. The molecule has 2 heterocycles. The van der Waals surface area contributed by atoms with Crippen molar-refractivity contribution < 1.29 is 14.3 Å². The Morgan fingerprint density at radius 3 is 2.72 bits per heavy atom. The van der Waals surface area contributed by atoms with Crippen molar-refractivity contribution in [1.29, 1.82) is 0 Å². The van der Waals surface area contributed by atoms with Crippen LogP contribution in [0.3, 0.4) is 0 Å². The second-order valence-corrected chi connectivity index (χ2v) is 6.54. The van der Waals surface area contributed by atoms with E-state index in [4.69, 9.17) is 4.74 Å². The van der Waals surface area contributed by atoms with E-state index in [9.17, 15) is 9.59 Å². The number of carbonyl (C=O) groups is 2. The van der Waals surface area contributed by atoms with E-state index < -0.39 is 11.7 Å². The van der Waals surface area contributed by atoms with E-state index in [1.54, 1.807) is 37.8 Å². The number of hydrogen-bond donors (Lipinski definition) is 2. The predicted molar refractivity (Wildman–Crippen MR) is 91.0 cm³/mol. The van der Waals surface area contributed by atoms with Gasteiger partial charge in [-0.1, -0.05) is 0 Å². The van der Waals surface area contributed by atoms with Gasteiger partial charge in [-0.25, -0.2) is 9.78 Å². The molecule has 0 saturated heterocycles. The first-order valence-corrected chi connectivity index (χ1v) is 7.82. The smallest absolute Gasteiger partial charge is 0.412 e. The van der Waals surface area contributed by atoms with Crippen molar-refractivity contribution in [3.05, 3.63) is 36.7 Å². The molecule has 2 aromatic heterocycles. The maximum atomic E-state index is 12.5. The van der Waals surface area contributed by atoms with E-state index in [2.05, 4.69) is 25.7 Å². The second kappa shape index (κ2) is 7.73. The lowest BCUT2D eigenvalue weighted by Gasteiger charge is -2.20. The summed E-state index contributed by atoms with van der Waals surface area (Å²) in [6.45, 7) is 7.60. The summed E-state index contributed by atoms with van der Waals surface area (Å²) in [5, 5.41) is 9.41. The highest BCUT2D eigenvalue weighted by atomic mass is 16.6. The van der Waals surface area contributed by atoms with Crippen LogP contribution in [0, 0.1) is 0 Å². The summed E-state index contributed by atoms with van der Waals surface area (Å²) in [6.07, 6.45) is 5.25. The Morgan fingerprint density at radius 1 is 1.32 bits per heavy atom. The number of aromatic nitrogens is 4. The number of amides is 2. The minimum atomic E-state index is -0.636. The maximum absolute atomic E-state index is 12.5. The zero-order chi connectivity index (χ0) is 18.4. The summed E-state index contributed by atoms with van der Waals surface area (Å²) in [4.78, 5) is 32.2. The molecule has 9 heteroatoms. The molecule has 2 amide bonds. The summed E-state index contributed by atoms with van der Waals surface area (Å²) in [5.74, 6) is -0.355. The largest absolute Gasteiger partial charge is 0.444 e. The Kier molecular flexibility index (Phi) is 5.68. The third-order valence-corrected chi connectivity index (χ3v) is 3.01. The topological polar surface area (TPSA) is 111 Å². The van der Waals surface area contributed by atoms with Crippen molar-refractivity contribution in [2.24, 2.45) is 0 Å². The van der Waals surface area contributed by atoms with Gasteiger partial charge in [0, 0.05) is 18.4 Å². The van der Waals surface area contributed by atoms with Crippen LogP contribution < -0.4 is 10.6 Å². The van der Waals surface area contributed by atoms with Crippen LogP contribution in [0.5, 0.6) is 0 Å². The number of ether oxygens (including phenoxy) is 1. The Hall–Kier alpha value is -2.97. The van der Waals surface area contributed by atoms with Gasteiger partial charge >= 0.3 is 6.09 Å². The first-order valence-electron chi connectivity index (χ1n) is 7.82. The fourth-order valence-corrected chi connectivity index (χ4v) is 2.05. The highest BCUT2D eigenvalue weighted by Gasteiger charge is 2.20. The van der Waals surface area contributed by atoms with Gasteiger partial charge in [0.25, 0.3) is 5.91 Å². The minimum absolute atomic E-state index is 0.191. The number of nitrogens with one attached hydrogen (secondary N) is 2. The molecule has 0 saturated carbocycles. The van der Waals surface area contributed by atoms with Gasteiger partial charge in [-0.2, -0.15) is 5.10 Å². The Balaban J connectivity index is 2.03. The summed E-state index contributed by atoms with van der Waals surface area (Å²) in [5.41, 5.74) is -0.0558. The van der Waals surface area contributed by atoms with E-state index in [-0.39, 0.29) is 17.5 Å². The van der Waals surface area contributed by atoms with E-state index in [0.717, 1.165) is 0 Å². The maximum Gasteiger partial charge on any atom is 0.412 e. The van der Waals surface area contributed by atoms with Crippen molar-refractivity contribution in [3.8, 4) is 0 Å². The molecular formula is C16H22N6O3. The molecule has 0 radical (unpaired) electrons. The number of carbonyl (C=O) groups excluding carboxylic acids is 2. The molecule has 0 bridgehead atoms. The summed E-state index contributed by atoms with van der Waals surface area (Å²) in [6, 6.07) is 1.35. The lowest BCUT2D eigenvalue weighted by Crippen LogP contribution is -2.36. The van der Waals surface area contributed by atoms with Crippen LogP contribution in [-0.4, -0.2) is 43.4 Å². The normalized spacial score (nSPS) is 12.3. The molecule has 0 fully saturated rings. The Labute approximate surface area is 145 Å². The van der Waals surface area contributed by atoms with Gasteiger partial charge in [-0.05, 0) is 33.8 Å². The first kappa shape index (κ1) is 18.4. The van der Waals surface area contributed by atoms with Crippen LogP contribution >= 0.6 is 0 Å². The van der Waals surface area contributed by atoms with E-state index in [1.807, 2.05) is 6.92 Å². The number of anilines is 1. The molecule has 0 aliphatic rings. The first-order chi connectivity index (χ1) is 11.7. The average Bonchev–Trinajstić information content (AvgIpc) is 2.98. The quantitative estimate of drug-likeness (QED) is 0.854. The van der Waals surface area contributed by atoms with Gasteiger partial charge in [0.1, 0.15) is 18.3 Å². The van der Waals surface area contributed by atoms with Crippen molar-refractivity contribution in [1.82, 2.24) is 25.1 Å². The molecule has 0 aliphatic carbocycles. The summed E-state index contributed by atoms with van der Waals surface area (Å²) in [7, 11) is 0. The molecule has 0 aliphatic heterocycles. The van der Waals surface area contributed by atoms with Crippen LogP contribution in [0.25, 0.3) is 0 Å². The van der Waals surface area contributed by atoms with Crippen LogP contribution in [0.4, 0.5) is 10.5 Å². The lowest BCUT2D eigenvalue weighted by atomic mass is 10.2. The van der Waals surface area contributed by atoms with Crippen LogP contribution in [0.1, 0.15) is 38.1 Å². The van der Waals surface area contributed by atoms with Crippen molar-refractivity contribution in [2.75, 3.05) is 5.32 Å². The SMILES string of the molecule is CC(Cn1cncn1)NC(=O)c1cnccc1NC(=O)OC(C)(C)C. The minimum Gasteiger partial charge on any atom is -0.444 e. The zero-order valence-electron chi connectivity index (χ0n) is 14.7. The highest BCUT2D eigenvalue weighted by Crippen LogP contribution is 2.16. The van der Waals surface area contributed by atoms with Crippen molar-refractivity contribution in [2.45, 2.75) is 45.9 Å². The van der Waals surface area contributed by atoms with Gasteiger partial charge in [0.05, 0.1) is 17.8 Å². The second-order valence-electron chi connectivity index (χ2n) is 6.54. The van der Waals surface area contributed by atoms with Crippen molar-refractivity contribution in [3.63, 3.8) is 0 Å². The zero-order valence-corrected chi connectivity index (χ0v) is 14.7. The molecule has 2 aromatic rings. The van der Waals surface area contributed by atoms with Gasteiger partial charge in [-0.3, -0.25) is 19.8 Å². The summed E-state index contributed by atoms with van der Waals surface area (Å²) >= 11 is 0. The number of pyridine rings is 1. The molecule has 1 atom stereocenters. The Bertz CT molecular complexity index is 724. The average molecular weight is 346 g/mol. The molecular weight excluding hydrogens is 324 g/mol. The lowest BCUT2D eigenvalue weighted by molar-refractivity contribution is 0.0636. The van der Waals surface area contributed by atoms with Gasteiger partial charge in [0.2, 0.25) is 0 Å². The van der Waals surface area contributed by atoms with Gasteiger partial charge in [0.15, 0.2) is 0 Å². The van der Waals surface area contributed by atoms with Crippen LogP contribution in [0.2, 0.25) is 0 Å². The summed E-state index contributed by atoms with van der Waals surface area (Å²) < 4.78 is 6.83. The fraction of sp³-hybridized carbons (Fsp3) is 0.438. The monoisotopic (exact) mass is 346 g/mol. The molecule has 1 unspecified atom stereocenters. The van der Waals surface area contributed by atoms with E-state index in [0.29, 0.717) is 12.2 Å². The molecule has 0 aromatic carbocycles. The van der Waals surface area contributed by atoms with Gasteiger partial charge in [-0.15, -0.1) is 0 Å². The van der Waals surface area contributed by atoms with Crippen LogP contribution in [0.15, 0.2) is 31.1 Å². The Morgan fingerprint density at radius 2 is 2.08 bits per heavy atom. The molecule has 2 rings (SSSR count). The van der Waals surface area contributed by atoms with Crippen LogP contribution in [-0.2, 0) is 11.3 Å². The molecule has 9 nitrogen and oxygen atoms in total. The van der Waals surface area contributed by atoms with Gasteiger partial charge < -0.3 is 10.1 Å².